The van der Waals surface area contributed by atoms with E-state index in [9.17, 15) is 4.79 Å². The lowest BCUT2D eigenvalue weighted by atomic mass is 9.68. The molecule has 1 aromatic rings. The van der Waals surface area contributed by atoms with E-state index >= 15 is 0 Å². The van der Waals surface area contributed by atoms with E-state index < -0.39 is 0 Å². The largest absolute Gasteiger partial charge is 0.325 e. The van der Waals surface area contributed by atoms with E-state index in [1.54, 1.807) is 0 Å². The predicted molar refractivity (Wildman–Crippen MR) is 87.2 cm³/mol. The maximum absolute atomic E-state index is 13.0. The summed E-state index contributed by atoms with van der Waals surface area (Å²) in [4.78, 5) is 13.0. The SMILES string of the molecule is C=C1C(C)(C)[C@@H]2CC[C@@]1(C(=O)Nc1ccc(C)cc1C)C2. The number of aryl methyl sites for hydroxylation is 2. The highest BCUT2D eigenvalue weighted by atomic mass is 16.2. The number of rotatable bonds is 2. The molecular weight excluding hydrogens is 258 g/mol. The van der Waals surface area contributed by atoms with Crippen LogP contribution < -0.4 is 5.32 Å². The van der Waals surface area contributed by atoms with Crippen molar-refractivity contribution in [1.82, 2.24) is 0 Å². The molecule has 3 rings (SSSR count). The van der Waals surface area contributed by atoms with Gasteiger partial charge in [0.05, 0.1) is 5.41 Å². The van der Waals surface area contributed by atoms with Crippen LogP contribution in [0, 0.1) is 30.6 Å². The number of carbonyl (C=O) groups is 1. The molecule has 1 N–H and O–H groups in total. The zero-order valence-electron chi connectivity index (χ0n) is 13.5. The lowest BCUT2D eigenvalue weighted by Crippen LogP contribution is -2.37. The molecule has 2 heteroatoms. The van der Waals surface area contributed by atoms with Crippen molar-refractivity contribution in [3.8, 4) is 0 Å². The van der Waals surface area contributed by atoms with E-state index in [2.05, 4.69) is 38.7 Å². The summed E-state index contributed by atoms with van der Waals surface area (Å²) in [7, 11) is 0. The van der Waals surface area contributed by atoms with Gasteiger partial charge in [0.15, 0.2) is 0 Å². The van der Waals surface area contributed by atoms with Gasteiger partial charge in [-0.05, 0) is 56.1 Å². The van der Waals surface area contributed by atoms with Gasteiger partial charge < -0.3 is 5.32 Å². The molecule has 0 saturated heterocycles. The van der Waals surface area contributed by atoms with Crippen LogP contribution in [-0.4, -0.2) is 5.91 Å². The number of fused-ring (bicyclic) bond motifs is 2. The highest BCUT2D eigenvalue weighted by molar-refractivity contribution is 5.99. The van der Waals surface area contributed by atoms with Gasteiger partial charge in [0, 0.05) is 5.69 Å². The minimum Gasteiger partial charge on any atom is -0.325 e. The van der Waals surface area contributed by atoms with E-state index in [-0.39, 0.29) is 16.7 Å². The molecular formula is C19H25NO. The first-order valence-electron chi connectivity index (χ1n) is 7.86. The fourth-order valence-electron chi connectivity index (χ4n) is 4.34. The van der Waals surface area contributed by atoms with Crippen LogP contribution in [-0.2, 0) is 4.79 Å². The molecule has 1 aromatic carbocycles. The summed E-state index contributed by atoms with van der Waals surface area (Å²) in [6, 6.07) is 6.16. The fourth-order valence-corrected chi connectivity index (χ4v) is 4.34. The molecule has 0 spiro atoms. The number of hydrogen-bond donors (Lipinski definition) is 1. The van der Waals surface area contributed by atoms with Crippen molar-refractivity contribution >= 4 is 11.6 Å². The van der Waals surface area contributed by atoms with Gasteiger partial charge in [0.1, 0.15) is 0 Å². The third-order valence-electron chi connectivity index (χ3n) is 5.96. The Kier molecular flexibility index (Phi) is 3.05. The predicted octanol–water partition coefficient (Wildman–Crippen LogP) is 4.62. The minimum absolute atomic E-state index is 0.0951. The number of amides is 1. The van der Waals surface area contributed by atoms with Crippen LogP contribution in [0.5, 0.6) is 0 Å². The van der Waals surface area contributed by atoms with Crippen LogP contribution >= 0.6 is 0 Å². The smallest absolute Gasteiger partial charge is 0.234 e. The van der Waals surface area contributed by atoms with E-state index in [0.717, 1.165) is 36.1 Å². The first kappa shape index (κ1) is 14.4. The summed E-state index contributed by atoms with van der Waals surface area (Å²) in [5.41, 5.74) is 4.16. The Morgan fingerprint density at radius 1 is 1.33 bits per heavy atom. The second-order valence-corrected chi connectivity index (χ2v) is 7.49. The van der Waals surface area contributed by atoms with Crippen molar-refractivity contribution in [2.75, 3.05) is 5.32 Å². The van der Waals surface area contributed by atoms with E-state index in [1.165, 1.54) is 5.56 Å². The van der Waals surface area contributed by atoms with Crippen LogP contribution in [0.4, 0.5) is 5.69 Å². The maximum atomic E-state index is 13.0. The highest BCUT2D eigenvalue weighted by Gasteiger charge is 2.60. The number of benzene rings is 1. The Morgan fingerprint density at radius 3 is 2.62 bits per heavy atom. The van der Waals surface area contributed by atoms with E-state index in [1.807, 2.05) is 19.1 Å². The quantitative estimate of drug-likeness (QED) is 0.788. The zero-order chi connectivity index (χ0) is 15.4. The second kappa shape index (κ2) is 4.46. The topological polar surface area (TPSA) is 29.1 Å². The van der Waals surface area contributed by atoms with Crippen LogP contribution in [0.3, 0.4) is 0 Å². The lowest BCUT2D eigenvalue weighted by Gasteiger charge is -2.37. The third-order valence-corrected chi connectivity index (χ3v) is 5.96. The maximum Gasteiger partial charge on any atom is 0.234 e. The molecule has 2 aliphatic rings. The molecule has 0 aliphatic heterocycles. The van der Waals surface area contributed by atoms with Crippen molar-refractivity contribution in [3.05, 3.63) is 41.5 Å². The average Bonchev–Trinajstić information content (AvgIpc) is 2.93. The summed E-state index contributed by atoms with van der Waals surface area (Å²) >= 11 is 0. The number of hydrogen-bond acceptors (Lipinski definition) is 1. The Bertz CT molecular complexity index is 628. The summed E-state index contributed by atoms with van der Waals surface area (Å²) < 4.78 is 0. The van der Waals surface area contributed by atoms with Crippen LogP contribution in [0.1, 0.15) is 44.2 Å². The van der Waals surface area contributed by atoms with Gasteiger partial charge in [-0.15, -0.1) is 0 Å². The van der Waals surface area contributed by atoms with Crippen molar-refractivity contribution in [2.45, 2.75) is 47.0 Å². The standard InChI is InChI=1S/C19H25NO/c1-12-6-7-16(13(2)10-12)20-17(21)19-9-8-15(11-19)18(4,5)14(19)3/h6-7,10,15H,3,8-9,11H2,1-2,4-5H3,(H,20,21)/t15-,19-/m1/s1. The number of carbonyl (C=O) groups excluding carboxylic acids is 1. The molecule has 0 aromatic heterocycles. The highest BCUT2D eigenvalue weighted by Crippen LogP contribution is 2.65. The zero-order valence-corrected chi connectivity index (χ0v) is 13.5. The van der Waals surface area contributed by atoms with E-state index in [4.69, 9.17) is 0 Å². The molecule has 1 amide bonds. The molecule has 2 fully saturated rings. The van der Waals surface area contributed by atoms with Gasteiger partial charge in [0.25, 0.3) is 0 Å². The molecule has 2 atom stereocenters. The minimum atomic E-state index is -0.342. The van der Waals surface area contributed by atoms with Crippen LogP contribution in [0.2, 0.25) is 0 Å². The van der Waals surface area contributed by atoms with Gasteiger partial charge in [-0.25, -0.2) is 0 Å². The Balaban J connectivity index is 1.88. The molecule has 2 saturated carbocycles. The molecule has 0 unspecified atom stereocenters. The third kappa shape index (κ3) is 1.96. The Hall–Kier alpha value is -1.57. The summed E-state index contributed by atoms with van der Waals surface area (Å²) in [5.74, 6) is 0.752. The van der Waals surface area contributed by atoms with Crippen molar-refractivity contribution in [3.63, 3.8) is 0 Å². The second-order valence-electron chi connectivity index (χ2n) is 7.49. The molecule has 2 nitrogen and oxygen atoms in total. The fraction of sp³-hybridized carbons (Fsp3) is 0.526. The Morgan fingerprint density at radius 2 is 2.05 bits per heavy atom. The van der Waals surface area contributed by atoms with Crippen molar-refractivity contribution in [1.29, 1.82) is 0 Å². The summed E-state index contributed by atoms with van der Waals surface area (Å²) in [6.45, 7) is 12.9. The van der Waals surface area contributed by atoms with Gasteiger partial charge in [-0.1, -0.05) is 43.7 Å². The lowest BCUT2D eigenvalue weighted by molar-refractivity contribution is -0.123. The molecule has 0 radical (unpaired) electrons. The van der Waals surface area contributed by atoms with Gasteiger partial charge in [0.2, 0.25) is 5.91 Å². The van der Waals surface area contributed by atoms with Crippen LogP contribution in [0.25, 0.3) is 0 Å². The normalized spacial score (nSPS) is 29.7. The first-order chi connectivity index (χ1) is 9.77. The molecule has 2 bridgehead atoms. The number of anilines is 1. The average molecular weight is 283 g/mol. The summed E-state index contributed by atoms with van der Waals surface area (Å²) in [5, 5.41) is 3.17. The molecule has 112 valence electrons. The number of nitrogens with one attached hydrogen (secondary N) is 1. The van der Waals surface area contributed by atoms with Crippen molar-refractivity contribution < 1.29 is 4.79 Å². The van der Waals surface area contributed by atoms with Gasteiger partial charge in [-0.3, -0.25) is 4.79 Å². The Labute approximate surface area is 127 Å². The molecule has 2 aliphatic carbocycles. The monoisotopic (exact) mass is 283 g/mol. The molecule has 0 heterocycles. The summed E-state index contributed by atoms with van der Waals surface area (Å²) in [6.07, 6.45) is 3.07. The van der Waals surface area contributed by atoms with Gasteiger partial charge in [-0.2, -0.15) is 0 Å². The van der Waals surface area contributed by atoms with Crippen LogP contribution in [0.15, 0.2) is 30.4 Å². The first-order valence-corrected chi connectivity index (χ1v) is 7.86. The van der Waals surface area contributed by atoms with Gasteiger partial charge >= 0.3 is 0 Å². The van der Waals surface area contributed by atoms with Crippen molar-refractivity contribution in [2.24, 2.45) is 16.7 Å². The van der Waals surface area contributed by atoms with E-state index in [0.29, 0.717) is 5.92 Å². The molecule has 21 heavy (non-hydrogen) atoms.